The summed E-state index contributed by atoms with van der Waals surface area (Å²) in [4.78, 5) is 12.0. The molecule has 0 saturated heterocycles. The summed E-state index contributed by atoms with van der Waals surface area (Å²) in [6.45, 7) is 1.63. The zero-order valence-electron chi connectivity index (χ0n) is 12.8. The molecule has 0 radical (unpaired) electrons. The normalized spacial score (nSPS) is 11.1. The topological polar surface area (TPSA) is 75.3 Å². The number of aryl methyl sites for hydroxylation is 1. The molecule has 0 unspecified atom stereocenters. The van der Waals surface area contributed by atoms with E-state index in [0.29, 0.717) is 16.9 Å². The van der Waals surface area contributed by atoms with E-state index in [0.717, 1.165) is 6.26 Å². The van der Waals surface area contributed by atoms with E-state index in [2.05, 4.69) is 10.6 Å². The number of carbonyl (C=O) groups excluding carboxylic acids is 1. The average molecular weight is 336 g/mol. The van der Waals surface area contributed by atoms with E-state index in [1.807, 2.05) is 0 Å². The minimum atomic E-state index is -3.26. The van der Waals surface area contributed by atoms with Gasteiger partial charge in [0.1, 0.15) is 5.82 Å². The monoisotopic (exact) mass is 336 g/mol. The SMILES string of the molecule is Cc1ccc(NCC(=O)Nc2ccc(S(C)(=O)=O)cc2)cc1F. The van der Waals surface area contributed by atoms with Crippen LogP contribution in [0.3, 0.4) is 0 Å². The largest absolute Gasteiger partial charge is 0.376 e. The van der Waals surface area contributed by atoms with Crippen LogP contribution in [0, 0.1) is 12.7 Å². The van der Waals surface area contributed by atoms with Gasteiger partial charge in [0.25, 0.3) is 0 Å². The molecule has 2 N–H and O–H groups in total. The van der Waals surface area contributed by atoms with Crippen LogP contribution in [0.5, 0.6) is 0 Å². The van der Waals surface area contributed by atoms with Crippen molar-refractivity contribution in [3.63, 3.8) is 0 Å². The van der Waals surface area contributed by atoms with Crippen LogP contribution in [-0.4, -0.2) is 27.1 Å². The first kappa shape index (κ1) is 17.0. The van der Waals surface area contributed by atoms with Gasteiger partial charge in [-0.05, 0) is 48.9 Å². The molecule has 0 atom stereocenters. The Morgan fingerprint density at radius 2 is 1.70 bits per heavy atom. The first-order chi connectivity index (χ1) is 10.8. The maximum atomic E-state index is 13.4. The van der Waals surface area contributed by atoms with Gasteiger partial charge >= 0.3 is 0 Å². The highest BCUT2D eigenvalue weighted by molar-refractivity contribution is 7.90. The van der Waals surface area contributed by atoms with Gasteiger partial charge in [0.2, 0.25) is 5.91 Å². The Morgan fingerprint density at radius 3 is 2.26 bits per heavy atom. The summed E-state index contributed by atoms with van der Waals surface area (Å²) >= 11 is 0. The molecule has 122 valence electrons. The van der Waals surface area contributed by atoms with Gasteiger partial charge in [0.05, 0.1) is 11.4 Å². The molecule has 5 nitrogen and oxygen atoms in total. The number of hydrogen-bond acceptors (Lipinski definition) is 4. The van der Waals surface area contributed by atoms with Crippen LogP contribution in [0.25, 0.3) is 0 Å². The summed E-state index contributed by atoms with van der Waals surface area (Å²) in [6, 6.07) is 10.5. The molecule has 0 spiro atoms. The van der Waals surface area contributed by atoms with Crippen molar-refractivity contribution in [1.29, 1.82) is 0 Å². The summed E-state index contributed by atoms with van der Waals surface area (Å²) < 4.78 is 36.1. The molecule has 0 aliphatic carbocycles. The summed E-state index contributed by atoms with van der Waals surface area (Å²) in [6.07, 6.45) is 1.12. The predicted molar refractivity (Wildman–Crippen MR) is 87.8 cm³/mol. The van der Waals surface area contributed by atoms with Crippen molar-refractivity contribution in [2.45, 2.75) is 11.8 Å². The third kappa shape index (κ3) is 4.79. The van der Waals surface area contributed by atoms with E-state index < -0.39 is 9.84 Å². The van der Waals surface area contributed by atoms with Gasteiger partial charge in [0, 0.05) is 17.6 Å². The quantitative estimate of drug-likeness (QED) is 0.880. The minimum absolute atomic E-state index is 0.0314. The summed E-state index contributed by atoms with van der Waals surface area (Å²) in [5.74, 6) is -0.662. The third-order valence-corrected chi connectivity index (χ3v) is 4.32. The van der Waals surface area contributed by atoms with Crippen LogP contribution in [-0.2, 0) is 14.6 Å². The second-order valence-corrected chi connectivity index (χ2v) is 7.18. The number of amides is 1. The number of nitrogens with one attached hydrogen (secondary N) is 2. The van der Waals surface area contributed by atoms with Crippen molar-refractivity contribution >= 4 is 27.1 Å². The molecule has 0 aliphatic rings. The van der Waals surface area contributed by atoms with Crippen LogP contribution in [0.2, 0.25) is 0 Å². The Hall–Kier alpha value is -2.41. The Kier molecular flexibility index (Phi) is 5.00. The third-order valence-electron chi connectivity index (χ3n) is 3.19. The molecule has 0 aliphatic heterocycles. The molecule has 23 heavy (non-hydrogen) atoms. The highest BCUT2D eigenvalue weighted by Gasteiger charge is 2.08. The molecule has 0 fully saturated rings. The molecule has 0 saturated carbocycles. The van der Waals surface area contributed by atoms with E-state index in [1.54, 1.807) is 19.1 Å². The van der Waals surface area contributed by atoms with Crippen LogP contribution < -0.4 is 10.6 Å². The highest BCUT2D eigenvalue weighted by Crippen LogP contribution is 2.15. The molecule has 0 aromatic heterocycles. The van der Waals surface area contributed by atoms with E-state index in [1.165, 1.54) is 30.3 Å². The van der Waals surface area contributed by atoms with Crippen molar-refractivity contribution in [3.05, 3.63) is 53.8 Å². The number of halogens is 1. The maximum Gasteiger partial charge on any atom is 0.243 e. The van der Waals surface area contributed by atoms with E-state index >= 15 is 0 Å². The van der Waals surface area contributed by atoms with Crippen molar-refractivity contribution < 1.29 is 17.6 Å². The summed E-state index contributed by atoms with van der Waals surface area (Å²) in [5, 5.41) is 5.45. The van der Waals surface area contributed by atoms with Crippen LogP contribution in [0.4, 0.5) is 15.8 Å². The standard InChI is InChI=1S/C16H17FN2O3S/c1-11-3-4-13(9-15(11)17)18-10-16(20)19-12-5-7-14(8-6-12)23(2,21)22/h3-9,18H,10H2,1-2H3,(H,19,20). The molecule has 2 aromatic carbocycles. The number of rotatable bonds is 5. The fourth-order valence-corrected chi connectivity index (χ4v) is 2.51. The molecule has 2 aromatic rings. The van der Waals surface area contributed by atoms with E-state index in [-0.39, 0.29) is 23.2 Å². The summed E-state index contributed by atoms with van der Waals surface area (Å²) in [5.41, 5.74) is 1.53. The lowest BCUT2D eigenvalue weighted by Crippen LogP contribution is -2.21. The lowest BCUT2D eigenvalue weighted by Gasteiger charge is -2.09. The molecule has 7 heteroatoms. The number of anilines is 2. The van der Waals surface area contributed by atoms with Gasteiger partial charge in [0.15, 0.2) is 9.84 Å². The smallest absolute Gasteiger partial charge is 0.243 e. The minimum Gasteiger partial charge on any atom is -0.376 e. The maximum absolute atomic E-state index is 13.4. The molecule has 0 bridgehead atoms. The summed E-state index contributed by atoms with van der Waals surface area (Å²) in [7, 11) is -3.26. The Morgan fingerprint density at radius 1 is 1.09 bits per heavy atom. The Balaban J connectivity index is 1.93. The van der Waals surface area contributed by atoms with Crippen molar-refractivity contribution in [3.8, 4) is 0 Å². The lowest BCUT2D eigenvalue weighted by atomic mass is 10.2. The van der Waals surface area contributed by atoms with E-state index in [4.69, 9.17) is 0 Å². The Bertz CT molecular complexity index is 818. The highest BCUT2D eigenvalue weighted by atomic mass is 32.2. The van der Waals surface area contributed by atoms with Gasteiger partial charge in [-0.25, -0.2) is 12.8 Å². The van der Waals surface area contributed by atoms with Gasteiger partial charge in [-0.3, -0.25) is 4.79 Å². The molecule has 2 rings (SSSR count). The average Bonchev–Trinajstić information content (AvgIpc) is 2.48. The van der Waals surface area contributed by atoms with Gasteiger partial charge < -0.3 is 10.6 Å². The van der Waals surface area contributed by atoms with E-state index in [9.17, 15) is 17.6 Å². The lowest BCUT2D eigenvalue weighted by molar-refractivity contribution is -0.114. The fraction of sp³-hybridized carbons (Fsp3) is 0.188. The van der Waals surface area contributed by atoms with Crippen LogP contribution in [0.1, 0.15) is 5.56 Å². The predicted octanol–water partition coefficient (Wildman–Crippen LogP) is 2.59. The molecular formula is C16H17FN2O3S. The van der Waals surface area contributed by atoms with Crippen LogP contribution in [0.15, 0.2) is 47.4 Å². The van der Waals surface area contributed by atoms with Crippen LogP contribution >= 0.6 is 0 Å². The first-order valence-corrected chi connectivity index (χ1v) is 8.75. The number of carbonyl (C=O) groups is 1. The second-order valence-electron chi connectivity index (χ2n) is 5.16. The fourth-order valence-electron chi connectivity index (χ4n) is 1.88. The van der Waals surface area contributed by atoms with Crippen molar-refractivity contribution in [1.82, 2.24) is 0 Å². The molecule has 0 heterocycles. The van der Waals surface area contributed by atoms with Gasteiger partial charge in [-0.15, -0.1) is 0 Å². The zero-order chi connectivity index (χ0) is 17.0. The van der Waals surface area contributed by atoms with Crippen molar-refractivity contribution in [2.24, 2.45) is 0 Å². The molecule has 1 amide bonds. The number of hydrogen-bond donors (Lipinski definition) is 2. The number of benzene rings is 2. The van der Waals surface area contributed by atoms with Gasteiger partial charge in [-0.1, -0.05) is 6.07 Å². The zero-order valence-corrected chi connectivity index (χ0v) is 13.6. The first-order valence-electron chi connectivity index (χ1n) is 6.86. The molecular weight excluding hydrogens is 319 g/mol. The number of sulfone groups is 1. The second kappa shape index (κ2) is 6.78. The van der Waals surface area contributed by atoms with Gasteiger partial charge in [-0.2, -0.15) is 0 Å². The Labute approximate surface area is 134 Å². The van der Waals surface area contributed by atoms with Crippen molar-refractivity contribution in [2.75, 3.05) is 23.4 Å².